The predicted octanol–water partition coefficient (Wildman–Crippen LogP) is 3.06. The molecule has 2 aromatic carbocycles. The number of hydrogen-bond donors (Lipinski definition) is 2. The largest absolute Gasteiger partial charge is 0.371 e. The molecule has 1 fully saturated rings. The maximum absolute atomic E-state index is 13.5. The lowest BCUT2D eigenvalue weighted by atomic mass is 9.85. The van der Waals surface area contributed by atoms with Crippen molar-refractivity contribution in [2.24, 2.45) is 0 Å². The number of likely N-dealkylation sites (N-methyl/N-ethyl adjacent to an activating group) is 1. The van der Waals surface area contributed by atoms with E-state index in [0.29, 0.717) is 18.5 Å². The Kier molecular flexibility index (Phi) is 5.89. The van der Waals surface area contributed by atoms with E-state index in [1.165, 1.54) is 17.7 Å². The van der Waals surface area contributed by atoms with Crippen molar-refractivity contribution < 1.29 is 9.18 Å². The number of nitrogens with zero attached hydrogens (tertiary/aromatic N) is 1. The monoisotopic (exact) mass is 355 g/mol. The number of anilines is 1. The van der Waals surface area contributed by atoms with Gasteiger partial charge in [-0.25, -0.2) is 4.39 Å². The van der Waals surface area contributed by atoms with Gasteiger partial charge in [-0.2, -0.15) is 0 Å². The van der Waals surface area contributed by atoms with Crippen molar-refractivity contribution in [2.75, 3.05) is 32.0 Å². The molecule has 0 unspecified atom stereocenters. The summed E-state index contributed by atoms with van der Waals surface area (Å²) in [6.07, 6.45) is 2.39. The molecule has 1 aliphatic rings. The summed E-state index contributed by atoms with van der Waals surface area (Å²) >= 11 is 0. The van der Waals surface area contributed by atoms with Crippen LogP contribution in [-0.2, 0) is 11.2 Å². The maximum atomic E-state index is 13.5. The molecule has 0 atom stereocenters. The van der Waals surface area contributed by atoms with Crippen LogP contribution in [0.1, 0.15) is 18.4 Å². The number of halogens is 1. The topological polar surface area (TPSA) is 44.4 Å². The summed E-state index contributed by atoms with van der Waals surface area (Å²) in [4.78, 5) is 15.0. The maximum Gasteiger partial charge on any atom is 0.245 e. The number of piperidine rings is 1. The first kappa shape index (κ1) is 18.4. The first-order chi connectivity index (χ1) is 12.6. The van der Waals surface area contributed by atoms with Gasteiger partial charge in [0.25, 0.3) is 0 Å². The third-order valence-corrected chi connectivity index (χ3v) is 5.14. The SMILES string of the molecule is CNC(=O)C1(Nc2cccc(F)c2)CCN(CCc2ccccc2)CC1. The number of rotatable bonds is 6. The van der Waals surface area contributed by atoms with E-state index in [1.807, 2.05) is 6.07 Å². The molecule has 1 heterocycles. The van der Waals surface area contributed by atoms with E-state index in [-0.39, 0.29) is 11.7 Å². The average molecular weight is 355 g/mol. The van der Waals surface area contributed by atoms with Crippen LogP contribution >= 0.6 is 0 Å². The van der Waals surface area contributed by atoms with Crippen molar-refractivity contribution in [3.8, 4) is 0 Å². The van der Waals surface area contributed by atoms with Crippen molar-refractivity contribution in [2.45, 2.75) is 24.8 Å². The Morgan fingerprint density at radius 3 is 2.50 bits per heavy atom. The molecule has 0 aromatic heterocycles. The Bertz CT molecular complexity index is 727. The molecule has 3 rings (SSSR count). The number of nitrogens with one attached hydrogen (secondary N) is 2. The van der Waals surface area contributed by atoms with Crippen LogP contribution < -0.4 is 10.6 Å². The summed E-state index contributed by atoms with van der Waals surface area (Å²) in [5.74, 6) is -0.341. The summed E-state index contributed by atoms with van der Waals surface area (Å²) in [6.45, 7) is 2.65. The molecule has 2 aromatic rings. The second-order valence-corrected chi connectivity index (χ2v) is 6.87. The minimum Gasteiger partial charge on any atom is -0.371 e. The van der Waals surface area contributed by atoms with Gasteiger partial charge in [-0.05, 0) is 43.0 Å². The zero-order valence-corrected chi connectivity index (χ0v) is 15.2. The van der Waals surface area contributed by atoms with Crippen molar-refractivity contribution in [3.05, 3.63) is 66.0 Å². The van der Waals surface area contributed by atoms with Gasteiger partial charge >= 0.3 is 0 Å². The van der Waals surface area contributed by atoms with E-state index in [4.69, 9.17) is 0 Å². The van der Waals surface area contributed by atoms with Gasteiger partial charge in [-0.1, -0.05) is 36.4 Å². The van der Waals surface area contributed by atoms with Gasteiger partial charge in [0.2, 0.25) is 5.91 Å². The Balaban J connectivity index is 1.62. The van der Waals surface area contributed by atoms with Crippen LogP contribution in [0.5, 0.6) is 0 Å². The van der Waals surface area contributed by atoms with Crippen LogP contribution in [0.2, 0.25) is 0 Å². The third-order valence-electron chi connectivity index (χ3n) is 5.14. The molecule has 2 N–H and O–H groups in total. The summed E-state index contributed by atoms with van der Waals surface area (Å²) in [5, 5.41) is 6.07. The van der Waals surface area contributed by atoms with E-state index in [9.17, 15) is 9.18 Å². The lowest BCUT2D eigenvalue weighted by molar-refractivity contribution is -0.126. The van der Waals surface area contributed by atoms with Gasteiger partial charge < -0.3 is 15.5 Å². The van der Waals surface area contributed by atoms with Gasteiger partial charge in [-0.3, -0.25) is 4.79 Å². The molecule has 5 heteroatoms. The fourth-order valence-corrected chi connectivity index (χ4v) is 3.58. The fraction of sp³-hybridized carbons (Fsp3) is 0.381. The molecule has 0 bridgehead atoms. The molecule has 0 aliphatic carbocycles. The number of carbonyl (C=O) groups excluding carboxylic acids is 1. The highest BCUT2D eigenvalue weighted by atomic mass is 19.1. The second kappa shape index (κ2) is 8.32. The molecule has 1 aliphatic heterocycles. The smallest absolute Gasteiger partial charge is 0.245 e. The van der Waals surface area contributed by atoms with Crippen LogP contribution in [0.25, 0.3) is 0 Å². The zero-order valence-electron chi connectivity index (χ0n) is 15.2. The van der Waals surface area contributed by atoms with Crippen LogP contribution in [0, 0.1) is 5.82 Å². The van der Waals surface area contributed by atoms with E-state index in [1.54, 1.807) is 19.2 Å². The van der Waals surface area contributed by atoms with Gasteiger partial charge in [-0.15, -0.1) is 0 Å². The normalized spacial score (nSPS) is 16.8. The number of carbonyl (C=O) groups is 1. The van der Waals surface area contributed by atoms with Gasteiger partial charge in [0.15, 0.2) is 0 Å². The van der Waals surface area contributed by atoms with Crippen LogP contribution in [0.15, 0.2) is 54.6 Å². The summed E-state index contributed by atoms with van der Waals surface area (Å²) in [7, 11) is 1.65. The number of likely N-dealkylation sites (tertiary alicyclic amines) is 1. The fourth-order valence-electron chi connectivity index (χ4n) is 3.58. The summed E-state index contributed by atoms with van der Waals surface area (Å²) < 4.78 is 13.5. The van der Waals surface area contributed by atoms with Gasteiger partial charge in [0.05, 0.1) is 0 Å². The molecule has 138 valence electrons. The highest BCUT2D eigenvalue weighted by Crippen LogP contribution is 2.28. The number of amides is 1. The van der Waals surface area contributed by atoms with Crippen molar-refractivity contribution >= 4 is 11.6 Å². The van der Waals surface area contributed by atoms with Crippen molar-refractivity contribution in [1.29, 1.82) is 0 Å². The van der Waals surface area contributed by atoms with E-state index in [0.717, 1.165) is 26.1 Å². The van der Waals surface area contributed by atoms with E-state index < -0.39 is 5.54 Å². The lowest BCUT2D eigenvalue weighted by Crippen LogP contribution is -2.58. The number of benzene rings is 2. The van der Waals surface area contributed by atoms with Crippen molar-refractivity contribution in [3.63, 3.8) is 0 Å². The van der Waals surface area contributed by atoms with E-state index in [2.05, 4.69) is 39.8 Å². The minimum absolute atomic E-state index is 0.0375. The van der Waals surface area contributed by atoms with Gasteiger partial charge in [0, 0.05) is 32.4 Å². The third kappa shape index (κ3) is 4.41. The Morgan fingerprint density at radius 2 is 1.85 bits per heavy atom. The first-order valence-corrected chi connectivity index (χ1v) is 9.13. The molecule has 1 saturated heterocycles. The molecular weight excluding hydrogens is 329 g/mol. The Morgan fingerprint density at radius 1 is 1.12 bits per heavy atom. The lowest BCUT2D eigenvalue weighted by Gasteiger charge is -2.41. The summed E-state index contributed by atoms with van der Waals surface area (Å²) in [5.41, 5.74) is 1.28. The van der Waals surface area contributed by atoms with Crippen molar-refractivity contribution in [1.82, 2.24) is 10.2 Å². The molecule has 0 radical (unpaired) electrons. The molecule has 4 nitrogen and oxygen atoms in total. The number of hydrogen-bond acceptors (Lipinski definition) is 3. The Labute approximate surface area is 154 Å². The standard InChI is InChI=1S/C21H26FN3O/c1-23-20(26)21(24-19-9-5-8-18(22)16-19)11-14-25(15-12-21)13-10-17-6-3-2-4-7-17/h2-9,16,24H,10-15H2,1H3,(H,23,26). The molecule has 1 amide bonds. The zero-order chi connectivity index (χ0) is 18.4. The Hall–Kier alpha value is -2.40. The van der Waals surface area contributed by atoms with Crippen LogP contribution in [0.4, 0.5) is 10.1 Å². The predicted molar refractivity (Wildman–Crippen MR) is 103 cm³/mol. The summed E-state index contributed by atoms with van der Waals surface area (Å²) in [6, 6.07) is 16.7. The first-order valence-electron chi connectivity index (χ1n) is 9.13. The molecular formula is C21H26FN3O. The van der Waals surface area contributed by atoms with Crippen LogP contribution in [-0.4, -0.2) is 43.0 Å². The molecule has 0 saturated carbocycles. The molecule has 0 spiro atoms. The average Bonchev–Trinajstić information content (AvgIpc) is 2.67. The quantitative estimate of drug-likeness (QED) is 0.837. The van der Waals surface area contributed by atoms with Crippen LogP contribution in [0.3, 0.4) is 0 Å². The van der Waals surface area contributed by atoms with E-state index >= 15 is 0 Å². The minimum atomic E-state index is -0.689. The van der Waals surface area contributed by atoms with Gasteiger partial charge in [0.1, 0.15) is 11.4 Å². The highest BCUT2D eigenvalue weighted by Gasteiger charge is 2.40. The molecule has 26 heavy (non-hydrogen) atoms. The second-order valence-electron chi connectivity index (χ2n) is 6.87. The highest BCUT2D eigenvalue weighted by molar-refractivity contribution is 5.89.